The van der Waals surface area contributed by atoms with E-state index in [0.29, 0.717) is 5.19 Å². The SMILES string of the molecule is COc1ncc(C(C)(C)C(N)C(=O)O)s1. The second kappa shape index (κ2) is 4.16. The normalized spacial score (nSPS) is 13.6. The summed E-state index contributed by atoms with van der Waals surface area (Å²) in [5.74, 6) is -1.02. The van der Waals surface area contributed by atoms with Crippen LogP contribution in [0.15, 0.2) is 6.20 Å². The number of carboxylic acid groups (broad SMARTS) is 1. The topological polar surface area (TPSA) is 85.4 Å². The fraction of sp³-hybridized carbons (Fsp3) is 0.556. The number of thiazole rings is 1. The van der Waals surface area contributed by atoms with E-state index < -0.39 is 17.4 Å². The van der Waals surface area contributed by atoms with Gasteiger partial charge < -0.3 is 15.6 Å². The fourth-order valence-electron chi connectivity index (χ4n) is 1.11. The molecule has 84 valence electrons. The lowest BCUT2D eigenvalue weighted by Crippen LogP contribution is -2.46. The Bertz CT molecular complexity index is 362. The van der Waals surface area contributed by atoms with Crippen LogP contribution in [0.3, 0.4) is 0 Å². The Morgan fingerprint density at radius 1 is 1.73 bits per heavy atom. The van der Waals surface area contributed by atoms with Gasteiger partial charge >= 0.3 is 5.97 Å². The Balaban J connectivity index is 2.99. The molecule has 15 heavy (non-hydrogen) atoms. The third-order valence-corrected chi connectivity index (χ3v) is 3.64. The number of hydrogen-bond donors (Lipinski definition) is 2. The molecule has 0 aliphatic carbocycles. The Morgan fingerprint density at radius 2 is 2.33 bits per heavy atom. The standard InChI is InChI=1S/C9H14N2O3S/c1-9(2,6(10)7(12)13)5-4-11-8(14-3)15-5/h4,6H,10H2,1-3H3,(H,12,13). The zero-order valence-corrected chi connectivity index (χ0v) is 9.67. The minimum atomic E-state index is -1.02. The second-order valence-corrected chi connectivity index (χ2v) is 4.73. The predicted octanol–water partition coefficient (Wildman–Crippen LogP) is 0.841. The van der Waals surface area contributed by atoms with Gasteiger partial charge in [-0.1, -0.05) is 25.2 Å². The van der Waals surface area contributed by atoms with Gasteiger partial charge in [0.05, 0.1) is 7.11 Å². The highest BCUT2D eigenvalue weighted by Gasteiger charge is 2.35. The third-order valence-electron chi connectivity index (χ3n) is 2.34. The zero-order chi connectivity index (χ0) is 11.6. The van der Waals surface area contributed by atoms with Crippen molar-refractivity contribution in [2.45, 2.75) is 25.3 Å². The van der Waals surface area contributed by atoms with Crippen LogP contribution in [0.2, 0.25) is 0 Å². The molecule has 0 saturated heterocycles. The molecule has 1 atom stereocenters. The van der Waals surface area contributed by atoms with Crippen molar-refractivity contribution < 1.29 is 14.6 Å². The quantitative estimate of drug-likeness (QED) is 0.800. The molecular weight excluding hydrogens is 216 g/mol. The van der Waals surface area contributed by atoms with E-state index >= 15 is 0 Å². The molecule has 0 aromatic carbocycles. The summed E-state index contributed by atoms with van der Waals surface area (Å²) in [5.41, 5.74) is 4.96. The first-order valence-electron chi connectivity index (χ1n) is 4.38. The minimum Gasteiger partial charge on any atom is -0.480 e. The highest BCUT2D eigenvalue weighted by molar-refractivity contribution is 7.13. The molecule has 0 radical (unpaired) electrons. The first-order valence-corrected chi connectivity index (χ1v) is 5.20. The summed E-state index contributed by atoms with van der Waals surface area (Å²) in [6.45, 7) is 3.55. The molecule has 1 unspecified atom stereocenters. The number of ether oxygens (including phenoxy) is 1. The first-order chi connectivity index (χ1) is 6.89. The summed E-state index contributed by atoms with van der Waals surface area (Å²) >= 11 is 1.31. The van der Waals surface area contributed by atoms with Gasteiger partial charge in [-0.25, -0.2) is 4.98 Å². The number of aromatic nitrogens is 1. The summed E-state index contributed by atoms with van der Waals surface area (Å²) in [5, 5.41) is 9.38. The van der Waals surface area contributed by atoms with Crippen molar-refractivity contribution in [1.82, 2.24) is 4.98 Å². The molecule has 0 spiro atoms. The van der Waals surface area contributed by atoms with Crippen molar-refractivity contribution in [3.05, 3.63) is 11.1 Å². The van der Waals surface area contributed by atoms with Crippen molar-refractivity contribution >= 4 is 17.3 Å². The molecule has 3 N–H and O–H groups in total. The average molecular weight is 230 g/mol. The summed E-state index contributed by atoms with van der Waals surface area (Å²) in [6, 6.07) is -0.956. The molecule has 1 aromatic rings. The zero-order valence-electron chi connectivity index (χ0n) is 8.85. The largest absolute Gasteiger partial charge is 0.480 e. The number of carboxylic acids is 1. The molecule has 0 saturated carbocycles. The number of nitrogens with two attached hydrogens (primary N) is 1. The maximum atomic E-state index is 10.8. The lowest BCUT2D eigenvalue weighted by molar-refractivity contribution is -0.140. The van der Waals surface area contributed by atoms with Crippen LogP contribution in [-0.4, -0.2) is 29.2 Å². The van der Waals surface area contributed by atoms with Crippen molar-refractivity contribution in [1.29, 1.82) is 0 Å². The van der Waals surface area contributed by atoms with Crippen LogP contribution in [0.5, 0.6) is 5.19 Å². The molecule has 0 aliphatic rings. The van der Waals surface area contributed by atoms with E-state index in [-0.39, 0.29) is 0 Å². The van der Waals surface area contributed by atoms with Gasteiger partial charge in [0.2, 0.25) is 0 Å². The third kappa shape index (κ3) is 2.27. The Kier molecular flexibility index (Phi) is 3.31. The molecule has 1 rings (SSSR count). The number of methoxy groups -OCH3 is 1. The predicted molar refractivity (Wildman–Crippen MR) is 57.3 cm³/mol. The van der Waals surface area contributed by atoms with E-state index in [2.05, 4.69) is 4.98 Å². The van der Waals surface area contributed by atoms with E-state index in [1.165, 1.54) is 18.4 Å². The highest BCUT2D eigenvalue weighted by Crippen LogP contribution is 2.33. The maximum absolute atomic E-state index is 10.8. The van der Waals surface area contributed by atoms with Crippen LogP contribution < -0.4 is 10.5 Å². The van der Waals surface area contributed by atoms with E-state index in [0.717, 1.165) is 4.88 Å². The lowest BCUT2D eigenvalue weighted by Gasteiger charge is -2.26. The smallest absolute Gasteiger partial charge is 0.321 e. The molecule has 5 nitrogen and oxygen atoms in total. The van der Waals surface area contributed by atoms with Crippen LogP contribution in [0.4, 0.5) is 0 Å². The van der Waals surface area contributed by atoms with Gasteiger partial charge in [0, 0.05) is 16.5 Å². The number of nitrogens with zero attached hydrogens (tertiary/aromatic N) is 1. The first kappa shape index (κ1) is 11.9. The van der Waals surface area contributed by atoms with Crippen molar-refractivity contribution in [2.75, 3.05) is 7.11 Å². The molecular formula is C9H14N2O3S. The van der Waals surface area contributed by atoms with Gasteiger partial charge in [0.25, 0.3) is 5.19 Å². The van der Waals surface area contributed by atoms with E-state index in [1.807, 2.05) is 0 Å². The summed E-state index contributed by atoms with van der Waals surface area (Å²) in [7, 11) is 1.52. The van der Waals surface area contributed by atoms with Gasteiger partial charge in [0.15, 0.2) is 0 Å². The van der Waals surface area contributed by atoms with Gasteiger partial charge in [-0.05, 0) is 0 Å². The van der Waals surface area contributed by atoms with Crippen LogP contribution in [0.25, 0.3) is 0 Å². The molecule has 0 fully saturated rings. The summed E-state index contributed by atoms with van der Waals surface area (Å²) in [4.78, 5) is 15.6. The Labute approximate surface area is 91.9 Å². The summed E-state index contributed by atoms with van der Waals surface area (Å²) < 4.78 is 4.95. The molecule has 6 heteroatoms. The van der Waals surface area contributed by atoms with Crippen molar-refractivity contribution in [3.63, 3.8) is 0 Å². The van der Waals surface area contributed by atoms with E-state index in [4.69, 9.17) is 15.6 Å². The number of rotatable bonds is 4. The van der Waals surface area contributed by atoms with Crippen LogP contribution in [0, 0.1) is 0 Å². The fourth-order valence-corrected chi connectivity index (χ4v) is 1.98. The second-order valence-electron chi connectivity index (χ2n) is 3.73. The van der Waals surface area contributed by atoms with Gasteiger partial charge in [-0.15, -0.1) is 0 Å². The number of hydrogen-bond acceptors (Lipinski definition) is 5. The molecule has 0 bridgehead atoms. The van der Waals surface area contributed by atoms with Crippen molar-refractivity contribution in [2.24, 2.45) is 5.73 Å². The number of aliphatic carboxylic acids is 1. The molecule has 1 aromatic heterocycles. The monoisotopic (exact) mass is 230 g/mol. The molecule has 0 amide bonds. The Hall–Kier alpha value is -1.14. The minimum absolute atomic E-state index is 0.510. The van der Waals surface area contributed by atoms with Crippen molar-refractivity contribution in [3.8, 4) is 5.19 Å². The van der Waals surface area contributed by atoms with E-state index in [1.54, 1.807) is 20.0 Å². The van der Waals surface area contributed by atoms with Crippen LogP contribution in [-0.2, 0) is 10.2 Å². The van der Waals surface area contributed by atoms with Crippen LogP contribution >= 0.6 is 11.3 Å². The average Bonchev–Trinajstić information content (AvgIpc) is 2.65. The maximum Gasteiger partial charge on any atom is 0.321 e. The van der Waals surface area contributed by atoms with Gasteiger partial charge in [0.1, 0.15) is 6.04 Å². The van der Waals surface area contributed by atoms with E-state index in [9.17, 15) is 4.79 Å². The van der Waals surface area contributed by atoms with Gasteiger partial charge in [-0.2, -0.15) is 0 Å². The number of carbonyl (C=O) groups is 1. The lowest BCUT2D eigenvalue weighted by atomic mass is 9.84. The van der Waals surface area contributed by atoms with Gasteiger partial charge in [-0.3, -0.25) is 4.79 Å². The van der Waals surface area contributed by atoms with Crippen LogP contribution in [0.1, 0.15) is 18.7 Å². The Morgan fingerprint density at radius 3 is 2.73 bits per heavy atom. The highest BCUT2D eigenvalue weighted by atomic mass is 32.1. The molecule has 1 heterocycles. The summed E-state index contributed by atoms with van der Waals surface area (Å²) in [6.07, 6.45) is 1.60. The molecule has 0 aliphatic heterocycles.